The van der Waals surface area contributed by atoms with Gasteiger partial charge in [0, 0.05) is 40.6 Å². The molecular formula is C36H36F10O6S. The van der Waals surface area contributed by atoms with Crippen LogP contribution in [0.25, 0.3) is 12.2 Å². The van der Waals surface area contributed by atoms with E-state index in [1.165, 1.54) is 60.7 Å². The zero-order valence-corrected chi connectivity index (χ0v) is 29.8. The molecule has 2 aliphatic carbocycles. The molecule has 0 amide bonds. The fourth-order valence-electron chi connectivity index (χ4n) is 6.09. The van der Waals surface area contributed by atoms with Crippen LogP contribution in [0.15, 0.2) is 96.5 Å². The summed E-state index contributed by atoms with van der Waals surface area (Å²) in [7, 11) is 3.65. The van der Waals surface area contributed by atoms with Gasteiger partial charge in [-0.05, 0) is 23.3 Å². The average Bonchev–Trinajstić information content (AvgIpc) is 3.15. The van der Waals surface area contributed by atoms with Crippen molar-refractivity contribution < 1.29 is 72.3 Å². The van der Waals surface area contributed by atoms with Gasteiger partial charge in [0.25, 0.3) is 0 Å². The van der Waals surface area contributed by atoms with Crippen molar-refractivity contribution >= 4 is 23.9 Å². The van der Waals surface area contributed by atoms with Crippen LogP contribution in [0.1, 0.15) is 11.1 Å². The van der Waals surface area contributed by atoms with Crippen LogP contribution in [0.2, 0.25) is 0 Å². The summed E-state index contributed by atoms with van der Waals surface area (Å²) in [5.74, 6) is -23.1. The van der Waals surface area contributed by atoms with Gasteiger partial charge in [-0.25, -0.2) is 26.3 Å². The number of methoxy groups -OCH3 is 6. The summed E-state index contributed by atoms with van der Waals surface area (Å²) in [5, 5.41) is -9.66. The molecule has 53 heavy (non-hydrogen) atoms. The van der Waals surface area contributed by atoms with E-state index in [2.05, 4.69) is 9.47 Å². The van der Waals surface area contributed by atoms with Crippen LogP contribution in [0.5, 0.6) is 0 Å². The van der Waals surface area contributed by atoms with E-state index in [0.717, 1.165) is 14.2 Å². The molecule has 292 valence electrons. The van der Waals surface area contributed by atoms with Gasteiger partial charge < -0.3 is 28.4 Å². The largest absolute Gasteiger partial charge is 0.498 e. The molecule has 0 bridgehead atoms. The maximum absolute atomic E-state index is 18.0. The lowest BCUT2D eigenvalue weighted by Crippen LogP contribution is -2.74. The molecule has 0 fully saturated rings. The fraction of sp³-hybridized carbons (Fsp3) is 0.444. The van der Waals surface area contributed by atoms with Gasteiger partial charge in [-0.3, -0.25) is 0 Å². The van der Waals surface area contributed by atoms with Gasteiger partial charge in [-0.15, -0.1) is 0 Å². The van der Waals surface area contributed by atoms with Crippen molar-refractivity contribution in [3.8, 4) is 0 Å². The van der Waals surface area contributed by atoms with Crippen LogP contribution in [0, 0.1) is 0 Å². The topological polar surface area (TPSA) is 55.4 Å². The molecule has 6 nitrogen and oxygen atoms in total. The SMILES string of the molecule is COC1=CC(F)(C(F)(/C=C\c2ccccc2)SC(F)(/C=C\c2ccccc2)C2(F)C=C(OC)C(OC)C(F)(OC)C2(F)F)C(F)(F)C(F)(OC)C1OC. The van der Waals surface area contributed by atoms with Gasteiger partial charge in [0.15, 0.2) is 12.2 Å². The normalized spacial score (nSPS) is 33.5. The Morgan fingerprint density at radius 1 is 0.547 bits per heavy atom. The second-order valence-corrected chi connectivity index (χ2v) is 13.3. The number of ether oxygens (including phenoxy) is 6. The van der Waals surface area contributed by atoms with Gasteiger partial charge >= 0.3 is 23.6 Å². The van der Waals surface area contributed by atoms with Crippen LogP contribution in [-0.2, 0) is 28.4 Å². The van der Waals surface area contributed by atoms with Gasteiger partial charge in [-0.2, -0.15) is 17.6 Å². The van der Waals surface area contributed by atoms with E-state index in [4.69, 9.17) is 18.9 Å². The minimum Gasteiger partial charge on any atom is -0.498 e. The van der Waals surface area contributed by atoms with Gasteiger partial charge in [-0.1, -0.05) is 84.6 Å². The first kappa shape index (κ1) is 42.2. The molecule has 0 saturated heterocycles. The third-order valence-electron chi connectivity index (χ3n) is 9.05. The summed E-state index contributed by atoms with van der Waals surface area (Å²) in [5.41, 5.74) is -10.5. The van der Waals surface area contributed by atoms with Crippen molar-refractivity contribution in [1.29, 1.82) is 0 Å². The Bertz CT molecular complexity index is 1590. The minimum absolute atomic E-state index is 0.0408. The molecule has 17 heteroatoms. The van der Waals surface area contributed by atoms with E-state index in [0.29, 0.717) is 40.6 Å². The predicted molar refractivity (Wildman–Crippen MR) is 177 cm³/mol. The van der Waals surface area contributed by atoms with Gasteiger partial charge in [0.1, 0.15) is 11.5 Å². The molecule has 2 aromatic rings. The summed E-state index contributed by atoms with van der Waals surface area (Å²) in [6, 6.07) is 13.5. The number of hydrogen-bond donors (Lipinski definition) is 0. The van der Waals surface area contributed by atoms with Crippen LogP contribution in [0.3, 0.4) is 0 Å². The number of thioether (sulfide) groups is 1. The van der Waals surface area contributed by atoms with E-state index >= 15 is 43.9 Å². The van der Waals surface area contributed by atoms with Crippen molar-refractivity contribution in [2.24, 2.45) is 0 Å². The Morgan fingerprint density at radius 3 is 1.13 bits per heavy atom. The van der Waals surface area contributed by atoms with E-state index in [9.17, 15) is 0 Å². The first-order chi connectivity index (χ1) is 24.7. The van der Waals surface area contributed by atoms with Crippen molar-refractivity contribution in [2.75, 3.05) is 42.7 Å². The van der Waals surface area contributed by atoms with E-state index in [1.54, 1.807) is 0 Å². The molecule has 8 unspecified atom stereocenters. The van der Waals surface area contributed by atoms with E-state index < -0.39 is 80.4 Å². The molecule has 0 aliphatic heterocycles. The molecule has 2 aromatic carbocycles. The van der Waals surface area contributed by atoms with Crippen molar-refractivity contribution in [3.05, 3.63) is 108 Å². The highest BCUT2D eigenvalue weighted by Crippen LogP contribution is 2.67. The molecule has 8 atom stereocenters. The number of halogens is 10. The number of alkyl halides is 10. The van der Waals surface area contributed by atoms with Gasteiger partial charge in [0.2, 0.25) is 21.3 Å². The number of rotatable bonds is 14. The fourth-order valence-corrected chi connectivity index (χ4v) is 7.47. The monoisotopic (exact) mass is 786 g/mol. The van der Waals surface area contributed by atoms with E-state index in [1.807, 2.05) is 0 Å². The molecule has 4 rings (SSSR count). The highest BCUT2D eigenvalue weighted by molar-refractivity contribution is 8.02. The zero-order valence-electron chi connectivity index (χ0n) is 29.0. The highest BCUT2D eigenvalue weighted by atomic mass is 32.2. The Kier molecular flexibility index (Phi) is 11.9. The first-order valence-corrected chi connectivity index (χ1v) is 16.3. The highest BCUT2D eigenvalue weighted by Gasteiger charge is 2.86. The molecule has 0 saturated carbocycles. The average molecular weight is 787 g/mol. The van der Waals surface area contributed by atoms with E-state index in [-0.39, 0.29) is 35.4 Å². The molecule has 0 radical (unpaired) electrons. The zero-order chi connectivity index (χ0) is 39.7. The summed E-state index contributed by atoms with van der Waals surface area (Å²) < 4.78 is 198. The van der Waals surface area contributed by atoms with Crippen molar-refractivity contribution in [2.45, 2.75) is 57.1 Å². The van der Waals surface area contributed by atoms with Crippen LogP contribution >= 0.6 is 11.8 Å². The smallest absolute Gasteiger partial charge is 0.350 e. The lowest BCUT2D eigenvalue weighted by molar-refractivity contribution is -0.352. The summed E-state index contributed by atoms with van der Waals surface area (Å²) in [4.78, 5) is 0. The van der Waals surface area contributed by atoms with Crippen LogP contribution < -0.4 is 0 Å². The lowest BCUT2D eigenvalue weighted by atomic mass is 9.77. The minimum atomic E-state index is -5.76. The molecular weight excluding hydrogens is 750 g/mol. The molecule has 0 spiro atoms. The maximum atomic E-state index is 18.0. The number of hydrogen-bond acceptors (Lipinski definition) is 7. The molecule has 0 aromatic heterocycles. The summed E-state index contributed by atoms with van der Waals surface area (Å²) in [6.07, 6.45) is -4.51. The summed E-state index contributed by atoms with van der Waals surface area (Å²) >= 11 is -1.43. The number of benzene rings is 2. The quantitative estimate of drug-likeness (QED) is 0.178. The third-order valence-corrected chi connectivity index (χ3v) is 10.5. The van der Waals surface area contributed by atoms with Gasteiger partial charge in [0.05, 0.1) is 14.2 Å². The van der Waals surface area contributed by atoms with Crippen molar-refractivity contribution in [3.63, 3.8) is 0 Å². The lowest BCUT2D eigenvalue weighted by Gasteiger charge is -2.53. The predicted octanol–water partition coefficient (Wildman–Crippen LogP) is 8.91. The Hall–Kier alpha value is -3.51. The first-order valence-electron chi connectivity index (χ1n) is 15.5. The van der Waals surface area contributed by atoms with Crippen LogP contribution in [-0.4, -0.2) is 99.8 Å². The Balaban J connectivity index is 2.15. The second-order valence-electron chi connectivity index (χ2n) is 11.9. The molecule has 0 heterocycles. The molecule has 2 aliphatic rings. The Labute approximate surface area is 303 Å². The second kappa shape index (κ2) is 15.0. The maximum Gasteiger partial charge on any atom is 0.350 e. The standard InChI is InChI=1S/C36H36F10O6S/c1-47-25-21-29(37,35(43,44)33(41,51-5)27(25)49-3)31(39,19-17-23-13-9-7-10-14-23)53-32(40,20-18-24-15-11-8-12-16-24)30(38)22-26(48-2)28(50-4)34(42,52-6)36(30,45)46/h7-22,27-28H,1-6H3/b19-17-,20-18-. The summed E-state index contributed by atoms with van der Waals surface area (Å²) in [6.45, 7) is 0. The molecule has 0 N–H and O–H groups in total. The Morgan fingerprint density at radius 2 is 0.868 bits per heavy atom. The number of allylic oxidation sites excluding steroid dienone is 2. The van der Waals surface area contributed by atoms with Crippen molar-refractivity contribution in [1.82, 2.24) is 0 Å². The van der Waals surface area contributed by atoms with Crippen LogP contribution in [0.4, 0.5) is 43.9 Å². The third kappa shape index (κ3) is 6.35.